The molecule has 4 aromatic rings. The molecule has 1 aliphatic heterocycles. The van der Waals surface area contributed by atoms with Crippen molar-refractivity contribution in [3.63, 3.8) is 0 Å². The third-order valence-corrected chi connectivity index (χ3v) is 5.88. The van der Waals surface area contributed by atoms with E-state index in [1.165, 1.54) is 4.68 Å². The van der Waals surface area contributed by atoms with Crippen molar-refractivity contribution in [2.24, 2.45) is 7.05 Å². The van der Waals surface area contributed by atoms with Crippen LogP contribution in [0.1, 0.15) is 34.6 Å². The lowest BCUT2D eigenvalue weighted by Gasteiger charge is -2.33. The van der Waals surface area contributed by atoms with Gasteiger partial charge in [-0.25, -0.2) is 13.2 Å². The average molecular weight is 437 g/mol. The molecule has 5 rings (SSSR count). The molecule has 3 heterocycles. The number of hydrogen-bond donors (Lipinski definition) is 0. The maximum Gasteiger partial charge on any atom is 0.254 e. The molecule has 0 saturated heterocycles. The molecule has 2 aromatic heterocycles. The van der Waals surface area contributed by atoms with Gasteiger partial charge in [-0.1, -0.05) is 0 Å². The number of halogens is 3. The van der Waals surface area contributed by atoms with Gasteiger partial charge in [0.2, 0.25) is 0 Å². The van der Waals surface area contributed by atoms with Gasteiger partial charge in [-0.2, -0.15) is 5.10 Å². The summed E-state index contributed by atoms with van der Waals surface area (Å²) >= 11 is 0. The van der Waals surface area contributed by atoms with Crippen LogP contribution in [0.25, 0.3) is 22.3 Å². The Bertz CT molecular complexity index is 1360. The van der Waals surface area contributed by atoms with Crippen molar-refractivity contribution in [2.75, 3.05) is 6.54 Å². The Labute approximate surface area is 181 Å². The van der Waals surface area contributed by atoms with E-state index in [9.17, 15) is 18.0 Å². The first-order chi connectivity index (χ1) is 15.3. The standard InChI is InChI=1S/C23H18F3N5O/c1-12-21-15(22(30(2)29-21)14-9-16(24)20(26)17(25)10-14)5-8-31(12)23(32)13-3-4-18-19(11-13)28-7-6-27-18/h3-4,6-7,9-12H,5,8H2,1-2H3. The molecule has 0 fully saturated rings. The largest absolute Gasteiger partial charge is 0.330 e. The molecule has 32 heavy (non-hydrogen) atoms. The van der Waals surface area contributed by atoms with Crippen molar-refractivity contribution in [3.05, 3.63) is 77.0 Å². The first-order valence-electron chi connectivity index (χ1n) is 10.1. The molecule has 0 spiro atoms. The van der Waals surface area contributed by atoms with Crippen LogP contribution in [0.4, 0.5) is 13.2 Å². The minimum Gasteiger partial charge on any atom is -0.330 e. The highest BCUT2D eigenvalue weighted by Gasteiger charge is 2.33. The Hall–Kier alpha value is -3.75. The van der Waals surface area contributed by atoms with E-state index >= 15 is 0 Å². The summed E-state index contributed by atoms with van der Waals surface area (Å²) in [6, 6.07) is 6.75. The predicted octanol–water partition coefficient (Wildman–Crippen LogP) is 4.21. The van der Waals surface area contributed by atoms with Gasteiger partial charge in [-0.05, 0) is 43.7 Å². The fourth-order valence-corrected chi connectivity index (χ4v) is 4.34. The van der Waals surface area contributed by atoms with Crippen LogP contribution in [0.15, 0.2) is 42.7 Å². The van der Waals surface area contributed by atoms with Crippen molar-refractivity contribution < 1.29 is 18.0 Å². The molecule has 1 atom stereocenters. The van der Waals surface area contributed by atoms with Gasteiger partial charge in [0.25, 0.3) is 5.91 Å². The first-order valence-corrected chi connectivity index (χ1v) is 10.1. The molecule has 0 bridgehead atoms. The zero-order valence-electron chi connectivity index (χ0n) is 17.3. The van der Waals surface area contributed by atoms with Gasteiger partial charge >= 0.3 is 0 Å². The monoisotopic (exact) mass is 437 g/mol. The molecular formula is C23H18F3N5O. The van der Waals surface area contributed by atoms with Crippen molar-refractivity contribution in [1.82, 2.24) is 24.6 Å². The van der Waals surface area contributed by atoms with Crippen LogP contribution in [-0.4, -0.2) is 37.1 Å². The van der Waals surface area contributed by atoms with E-state index < -0.39 is 17.5 Å². The van der Waals surface area contributed by atoms with Gasteiger partial charge in [0.1, 0.15) is 0 Å². The van der Waals surface area contributed by atoms with Crippen LogP contribution in [0.2, 0.25) is 0 Å². The molecule has 0 radical (unpaired) electrons. The Balaban J connectivity index is 1.51. The zero-order valence-corrected chi connectivity index (χ0v) is 17.3. The molecule has 0 aliphatic carbocycles. The number of carbonyl (C=O) groups excluding carboxylic acids is 1. The highest BCUT2D eigenvalue weighted by atomic mass is 19.2. The maximum absolute atomic E-state index is 13.8. The Morgan fingerprint density at radius 1 is 1.03 bits per heavy atom. The summed E-state index contributed by atoms with van der Waals surface area (Å²) < 4.78 is 42.6. The molecule has 9 heteroatoms. The van der Waals surface area contributed by atoms with Crippen LogP contribution >= 0.6 is 0 Å². The zero-order chi connectivity index (χ0) is 22.6. The SMILES string of the molecule is CC1c2nn(C)c(-c3cc(F)c(F)c(F)c3)c2CCN1C(=O)c1ccc2nccnc2c1. The number of amides is 1. The first kappa shape index (κ1) is 20.2. The topological polar surface area (TPSA) is 63.9 Å². The normalized spacial score (nSPS) is 15.8. The summed E-state index contributed by atoms with van der Waals surface area (Å²) in [5.74, 6) is -4.18. The fraction of sp³-hybridized carbons (Fsp3) is 0.217. The number of aromatic nitrogens is 4. The molecular weight excluding hydrogens is 419 g/mol. The second-order valence-electron chi connectivity index (χ2n) is 7.77. The smallest absolute Gasteiger partial charge is 0.254 e. The Kier molecular flexibility index (Phi) is 4.69. The van der Waals surface area contributed by atoms with Crippen LogP contribution < -0.4 is 0 Å². The van der Waals surface area contributed by atoms with Gasteiger partial charge in [0, 0.05) is 42.7 Å². The Morgan fingerprint density at radius 2 is 1.72 bits per heavy atom. The van der Waals surface area contributed by atoms with E-state index in [4.69, 9.17) is 0 Å². The molecule has 2 aromatic carbocycles. The van der Waals surface area contributed by atoms with E-state index in [-0.39, 0.29) is 17.5 Å². The maximum atomic E-state index is 13.8. The van der Waals surface area contributed by atoms with Crippen LogP contribution in [0, 0.1) is 17.5 Å². The number of rotatable bonds is 2. The second-order valence-corrected chi connectivity index (χ2v) is 7.77. The quantitative estimate of drug-likeness (QED) is 0.441. The van der Waals surface area contributed by atoms with Crippen LogP contribution in [0.3, 0.4) is 0 Å². The van der Waals surface area contributed by atoms with E-state index in [1.807, 2.05) is 6.92 Å². The highest BCUT2D eigenvalue weighted by Crippen LogP contribution is 2.36. The summed E-state index contributed by atoms with van der Waals surface area (Å²) in [6.45, 7) is 2.26. The fourth-order valence-electron chi connectivity index (χ4n) is 4.34. The number of carbonyl (C=O) groups is 1. The van der Waals surface area contributed by atoms with Crippen LogP contribution in [0.5, 0.6) is 0 Å². The summed E-state index contributed by atoms with van der Waals surface area (Å²) in [7, 11) is 1.66. The van der Waals surface area contributed by atoms with E-state index in [0.717, 1.165) is 17.7 Å². The lowest BCUT2D eigenvalue weighted by atomic mass is 9.95. The number of benzene rings is 2. The van der Waals surface area contributed by atoms with Crippen LogP contribution in [-0.2, 0) is 13.5 Å². The van der Waals surface area contributed by atoms with Crippen molar-refractivity contribution >= 4 is 16.9 Å². The van der Waals surface area contributed by atoms with Gasteiger partial charge < -0.3 is 4.90 Å². The predicted molar refractivity (Wildman–Crippen MR) is 111 cm³/mol. The summed E-state index contributed by atoms with van der Waals surface area (Å²) in [5, 5.41) is 4.53. The van der Waals surface area contributed by atoms with Crippen molar-refractivity contribution in [1.29, 1.82) is 0 Å². The second kappa shape index (κ2) is 7.44. The van der Waals surface area contributed by atoms with E-state index in [2.05, 4.69) is 15.1 Å². The molecule has 0 saturated carbocycles. The van der Waals surface area contributed by atoms with Crippen molar-refractivity contribution in [2.45, 2.75) is 19.4 Å². The molecule has 6 nitrogen and oxygen atoms in total. The lowest BCUT2D eigenvalue weighted by Crippen LogP contribution is -2.38. The Morgan fingerprint density at radius 3 is 2.44 bits per heavy atom. The molecule has 162 valence electrons. The third-order valence-electron chi connectivity index (χ3n) is 5.88. The number of aryl methyl sites for hydroxylation is 1. The van der Waals surface area contributed by atoms with Gasteiger partial charge in [-0.15, -0.1) is 0 Å². The molecule has 1 amide bonds. The lowest BCUT2D eigenvalue weighted by molar-refractivity contribution is 0.0674. The van der Waals surface area contributed by atoms with Crippen molar-refractivity contribution in [3.8, 4) is 11.3 Å². The van der Waals surface area contributed by atoms with Gasteiger partial charge in [-0.3, -0.25) is 19.4 Å². The minimum atomic E-state index is -1.50. The van der Waals surface area contributed by atoms with E-state index in [0.29, 0.717) is 41.0 Å². The number of hydrogen-bond acceptors (Lipinski definition) is 4. The third kappa shape index (κ3) is 3.12. The number of nitrogens with zero attached hydrogens (tertiary/aromatic N) is 5. The van der Waals surface area contributed by atoms with Gasteiger partial charge in [0.15, 0.2) is 17.5 Å². The summed E-state index contributed by atoms with van der Waals surface area (Å²) in [4.78, 5) is 23.4. The van der Waals surface area contributed by atoms with Gasteiger partial charge in [0.05, 0.1) is 28.5 Å². The summed E-state index contributed by atoms with van der Waals surface area (Å²) in [5.41, 5.74) is 3.98. The number of fused-ring (bicyclic) bond motifs is 2. The molecule has 0 N–H and O–H groups in total. The highest BCUT2D eigenvalue weighted by molar-refractivity contribution is 5.97. The average Bonchev–Trinajstić information content (AvgIpc) is 3.13. The van der Waals surface area contributed by atoms with E-state index in [1.54, 1.807) is 42.5 Å². The molecule has 1 unspecified atom stereocenters. The minimum absolute atomic E-state index is 0.165. The summed E-state index contributed by atoms with van der Waals surface area (Å²) in [6.07, 6.45) is 3.61. The molecule has 1 aliphatic rings.